The summed E-state index contributed by atoms with van der Waals surface area (Å²) in [5, 5.41) is 0. The number of unbranched alkanes of at least 4 members (excludes halogenated alkanes) is 2. The number of hydrogen-bond acceptors (Lipinski definition) is 4. The molecule has 6 heteroatoms. The molecule has 0 spiro atoms. The summed E-state index contributed by atoms with van der Waals surface area (Å²) in [6.45, 7) is 4.82. The van der Waals surface area contributed by atoms with E-state index in [1.54, 1.807) is 30.3 Å². The molecule has 1 aliphatic carbocycles. The molecular weight excluding hydrogens is 374 g/mol. The number of carbonyl (C=O) groups is 2. The maximum Gasteiger partial charge on any atom is 0.243 e. The van der Waals surface area contributed by atoms with E-state index in [4.69, 9.17) is 0 Å². The van der Waals surface area contributed by atoms with Crippen LogP contribution in [-0.4, -0.2) is 37.4 Å². The summed E-state index contributed by atoms with van der Waals surface area (Å²) >= 11 is 0. The van der Waals surface area contributed by atoms with E-state index in [0.29, 0.717) is 18.7 Å². The number of hydrogen-bond donors (Lipinski definition) is 0. The SMILES string of the molecule is CCCCN(CCCC)S(=O)(=O)c1cccc2c1C(=O)c1ccccc1C2=O. The molecule has 0 saturated carbocycles. The minimum absolute atomic E-state index is 0.00389. The normalized spacial score (nSPS) is 13.5. The van der Waals surface area contributed by atoms with Gasteiger partial charge in [-0.25, -0.2) is 8.42 Å². The molecule has 148 valence electrons. The minimum atomic E-state index is -3.89. The molecule has 0 saturated heterocycles. The number of nitrogens with zero attached hydrogens (tertiary/aromatic N) is 1. The summed E-state index contributed by atoms with van der Waals surface area (Å²) < 4.78 is 28.3. The predicted molar refractivity (Wildman–Crippen MR) is 108 cm³/mol. The average Bonchev–Trinajstić information content (AvgIpc) is 2.71. The zero-order valence-corrected chi connectivity index (χ0v) is 17.1. The van der Waals surface area contributed by atoms with Crippen molar-refractivity contribution in [2.24, 2.45) is 0 Å². The van der Waals surface area contributed by atoms with Gasteiger partial charge in [0.2, 0.25) is 10.0 Å². The van der Waals surface area contributed by atoms with Crippen LogP contribution < -0.4 is 0 Å². The largest absolute Gasteiger partial charge is 0.289 e. The maximum atomic E-state index is 13.4. The number of rotatable bonds is 8. The summed E-state index contributed by atoms with van der Waals surface area (Å²) in [6.07, 6.45) is 3.23. The molecule has 0 aromatic heterocycles. The molecule has 2 aromatic carbocycles. The number of carbonyl (C=O) groups excluding carboxylic acids is 2. The van der Waals surface area contributed by atoms with Crippen molar-refractivity contribution in [1.29, 1.82) is 0 Å². The van der Waals surface area contributed by atoms with Crippen LogP contribution in [0.1, 0.15) is 71.4 Å². The van der Waals surface area contributed by atoms with Crippen molar-refractivity contribution in [3.05, 3.63) is 64.7 Å². The second-order valence-corrected chi connectivity index (χ2v) is 8.90. The molecule has 5 nitrogen and oxygen atoms in total. The van der Waals surface area contributed by atoms with Crippen LogP contribution in [0.3, 0.4) is 0 Å². The third-order valence-corrected chi connectivity index (χ3v) is 7.00. The van der Waals surface area contributed by atoms with Gasteiger partial charge in [0.1, 0.15) is 0 Å². The molecule has 2 aromatic rings. The van der Waals surface area contributed by atoms with Gasteiger partial charge in [-0.1, -0.05) is 63.1 Å². The molecule has 0 heterocycles. The van der Waals surface area contributed by atoms with E-state index in [1.807, 2.05) is 13.8 Å². The quantitative estimate of drug-likeness (QED) is 0.573. The topological polar surface area (TPSA) is 71.5 Å². The summed E-state index contributed by atoms with van der Waals surface area (Å²) in [7, 11) is -3.89. The summed E-state index contributed by atoms with van der Waals surface area (Å²) in [6, 6.07) is 11.1. The molecule has 0 atom stereocenters. The van der Waals surface area contributed by atoms with Crippen molar-refractivity contribution in [3.63, 3.8) is 0 Å². The van der Waals surface area contributed by atoms with Gasteiger partial charge < -0.3 is 0 Å². The van der Waals surface area contributed by atoms with Gasteiger partial charge in [0, 0.05) is 29.8 Å². The Morgan fingerprint density at radius 1 is 0.750 bits per heavy atom. The van der Waals surface area contributed by atoms with Gasteiger partial charge in [0.15, 0.2) is 11.6 Å². The smallest absolute Gasteiger partial charge is 0.243 e. The van der Waals surface area contributed by atoms with Crippen LogP contribution >= 0.6 is 0 Å². The fraction of sp³-hybridized carbons (Fsp3) is 0.364. The van der Waals surface area contributed by atoms with E-state index in [0.717, 1.165) is 25.7 Å². The highest BCUT2D eigenvalue weighted by Crippen LogP contribution is 2.32. The number of fused-ring (bicyclic) bond motifs is 2. The molecule has 0 aliphatic heterocycles. The van der Waals surface area contributed by atoms with Gasteiger partial charge in [0.25, 0.3) is 0 Å². The third-order valence-electron chi connectivity index (χ3n) is 5.05. The van der Waals surface area contributed by atoms with Gasteiger partial charge in [-0.3, -0.25) is 9.59 Å². The van der Waals surface area contributed by atoms with E-state index < -0.39 is 15.8 Å². The fourth-order valence-electron chi connectivity index (χ4n) is 3.49. The Bertz CT molecular complexity index is 1000. The first kappa shape index (κ1) is 20.4. The lowest BCUT2D eigenvalue weighted by atomic mass is 9.84. The monoisotopic (exact) mass is 399 g/mol. The van der Waals surface area contributed by atoms with E-state index in [2.05, 4.69) is 0 Å². The average molecular weight is 400 g/mol. The van der Waals surface area contributed by atoms with Crippen LogP contribution in [0.25, 0.3) is 0 Å². The van der Waals surface area contributed by atoms with Crippen molar-refractivity contribution in [2.45, 2.75) is 44.4 Å². The van der Waals surface area contributed by atoms with Crippen molar-refractivity contribution in [1.82, 2.24) is 4.31 Å². The van der Waals surface area contributed by atoms with Crippen LogP contribution in [0.15, 0.2) is 47.4 Å². The van der Waals surface area contributed by atoms with Gasteiger partial charge in [-0.2, -0.15) is 4.31 Å². The van der Waals surface area contributed by atoms with Crippen LogP contribution in [0, 0.1) is 0 Å². The first-order valence-corrected chi connectivity index (χ1v) is 11.2. The molecule has 0 radical (unpaired) electrons. The van der Waals surface area contributed by atoms with Crippen molar-refractivity contribution < 1.29 is 18.0 Å². The summed E-state index contributed by atoms with van der Waals surface area (Å²) in [5.41, 5.74) is 0.750. The maximum absolute atomic E-state index is 13.4. The highest BCUT2D eigenvalue weighted by Gasteiger charge is 2.36. The van der Waals surface area contributed by atoms with Crippen molar-refractivity contribution in [3.8, 4) is 0 Å². The lowest BCUT2D eigenvalue weighted by Gasteiger charge is -2.25. The Balaban J connectivity index is 2.13. The lowest BCUT2D eigenvalue weighted by molar-refractivity contribution is 0.0976. The zero-order valence-electron chi connectivity index (χ0n) is 16.3. The molecule has 0 amide bonds. The van der Waals surface area contributed by atoms with Gasteiger partial charge in [-0.15, -0.1) is 0 Å². The van der Waals surface area contributed by atoms with Crippen LogP contribution in [0.2, 0.25) is 0 Å². The molecule has 3 rings (SSSR count). The van der Waals surface area contributed by atoms with Crippen LogP contribution in [-0.2, 0) is 10.0 Å². The Morgan fingerprint density at radius 2 is 1.29 bits per heavy atom. The van der Waals surface area contributed by atoms with E-state index >= 15 is 0 Å². The zero-order chi connectivity index (χ0) is 20.3. The highest BCUT2D eigenvalue weighted by atomic mass is 32.2. The lowest BCUT2D eigenvalue weighted by Crippen LogP contribution is -2.35. The van der Waals surface area contributed by atoms with E-state index in [9.17, 15) is 18.0 Å². The van der Waals surface area contributed by atoms with Gasteiger partial charge in [0.05, 0.1) is 10.5 Å². The Hall–Kier alpha value is -2.31. The number of ketones is 2. The highest BCUT2D eigenvalue weighted by molar-refractivity contribution is 7.89. The van der Waals surface area contributed by atoms with Crippen LogP contribution in [0.5, 0.6) is 0 Å². The Labute approximate surface area is 166 Å². The van der Waals surface area contributed by atoms with E-state index in [-0.39, 0.29) is 27.4 Å². The molecule has 0 unspecified atom stereocenters. The molecule has 0 N–H and O–H groups in total. The number of sulfonamides is 1. The molecular formula is C22H25NO4S. The fourth-order valence-corrected chi connectivity index (χ4v) is 5.22. The number of benzene rings is 2. The first-order chi connectivity index (χ1) is 13.4. The van der Waals surface area contributed by atoms with Crippen LogP contribution in [0.4, 0.5) is 0 Å². The molecule has 0 bridgehead atoms. The molecule has 0 fully saturated rings. The standard InChI is InChI=1S/C22H25NO4S/c1-3-5-14-23(15-6-4-2)28(26,27)19-13-9-12-18-20(19)22(25)17-11-8-7-10-16(17)21(18)24/h7-13H,3-6,14-15H2,1-2H3. The summed E-state index contributed by atoms with van der Waals surface area (Å²) in [5.74, 6) is -0.716. The summed E-state index contributed by atoms with van der Waals surface area (Å²) in [4.78, 5) is 26.0. The first-order valence-electron chi connectivity index (χ1n) is 9.75. The second kappa shape index (κ2) is 8.37. The predicted octanol–water partition coefficient (Wildman–Crippen LogP) is 4.05. The van der Waals surface area contributed by atoms with E-state index in [1.165, 1.54) is 16.4 Å². The van der Waals surface area contributed by atoms with Crippen molar-refractivity contribution in [2.75, 3.05) is 13.1 Å². The van der Waals surface area contributed by atoms with Gasteiger partial charge >= 0.3 is 0 Å². The Morgan fingerprint density at radius 3 is 1.86 bits per heavy atom. The molecule has 28 heavy (non-hydrogen) atoms. The second-order valence-electron chi connectivity index (χ2n) is 6.99. The molecule has 1 aliphatic rings. The third kappa shape index (κ3) is 3.54. The van der Waals surface area contributed by atoms with Crippen molar-refractivity contribution >= 4 is 21.6 Å². The van der Waals surface area contributed by atoms with Gasteiger partial charge in [-0.05, 0) is 18.9 Å². The minimum Gasteiger partial charge on any atom is -0.289 e. The Kier molecular flexibility index (Phi) is 6.10.